The Morgan fingerprint density at radius 1 is 1.11 bits per heavy atom. The quantitative estimate of drug-likeness (QED) is 0.679. The second-order valence-corrected chi connectivity index (χ2v) is 7.79. The van der Waals surface area contributed by atoms with E-state index in [0.29, 0.717) is 11.5 Å². The Morgan fingerprint density at radius 3 is 2.44 bits per heavy atom. The van der Waals surface area contributed by atoms with Crippen LogP contribution in [0.15, 0.2) is 66.0 Å². The Labute approximate surface area is 163 Å². The molecule has 2 aromatic heterocycles. The standard InChI is InChI=1S/C18H18N4O3S.ClH/c1-14-19-10-11-22(14)17-8-7-15(13-20-17)21-18(23)9-12-26(24,25)16-5-3-2-4-6-16;/h2-8,10-11,13H,9,12H2,1H3,(H,21,23);1H. The van der Waals surface area contributed by atoms with Crippen LogP contribution in [0.3, 0.4) is 0 Å². The number of imidazole rings is 1. The van der Waals surface area contributed by atoms with Crippen molar-refractivity contribution in [3.05, 3.63) is 66.9 Å². The molecule has 0 radical (unpaired) electrons. The summed E-state index contributed by atoms with van der Waals surface area (Å²) in [5.74, 6) is 0.866. The highest BCUT2D eigenvalue weighted by Gasteiger charge is 2.16. The van der Waals surface area contributed by atoms with E-state index in [1.54, 1.807) is 42.7 Å². The van der Waals surface area contributed by atoms with E-state index in [-0.39, 0.29) is 35.4 Å². The normalized spacial score (nSPS) is 10.9. The first-order chi connectivity index (χ1) is 12.5. The summed E-state index contributed by atoms with van der Waals surface area (Å²) in [5, 5.41) is 2.66. The number of hydrogen-bond acceptors (Lipinski definition) is 5. The molecule has 1 N–H and O–H groups in total. The monoisotopic (exact) mass is 406 g/mol. The lowest BCUT2D eigenvalue weighted by Gasteiger charge is -2.08. The van der Waals surface area contributed by atoms with Gasteiger partial charge in [0.25, 0.3) is 0 Å². The second kappa shape index (κ2) is 8.79. The molecule has 2 heterocycles. The second-order valence-electron chi connectivity index (χ2n) is 5.68. The van der Waals surface area contributed by atoms with Gasteiger partial charge in [-0.15, -0.1) is 12.4 Å². The SMILES string of the molecule is Cc1nccn1-c1ccc(NC(=O)CCS(=O)(=O)c2ccccc2)cn1.Cl. The Morgan fingerprint density at radius 2 is 1.85 bits per heavy atom. The van der Waals surface area contributed by atoms with Crippen LogP contribution in [0.25, 0.3) is 5.82 Å². The van der Waals surface area contributed by atoms with Crippen molar-refractivity contribution in [2.45, 2.75) is 18.2 Å². The van der Waals surface area contributed by atoms with E-state index >= 15 is 0 Å². The van der Waals surface area contributed by atoms with E-state index in [4.69, 9.17) is 0 Å². The molecule has 1 amide bonds. The molecular formula is C18H19ClN4O3S. The molecule has 0 aliphatic carbocycles. The number of aromatic nitrogens is 3. The van der Waals surface area contributed by atoms with Gasteiger partial charge in [0.15, 0.2) is 9.84 Å². The fourth-order valence-corrected chi connectivity index (χ4v) is 3.68. The van der Waals surface area contributed by atoms with Gasteiger partial charge in [-0.3, -0.25) is 9.36 Å². The average Bonchev–Trinajstić information content (AvgIpc) is 3.07. The molecule has 27 heavy (non-hydrogen) atoms. The Bertz CT molecular complexity index is 1000. The molecule has 142 valence electrons. The molecule has 0 fully saturated rings. The van der Waals surface area contributed by atoms with E-state index in [0.717, 1.165) is 5.82 Å². The van der Waals surface area contributed by atoms with Crippen molar-refractivity contribution in [3.8, 4) is 5.82 Å². The van der Waals surface area contributed by atoms with E-state index in [1.807, 2.05) is 11.5 Å². The van der Waals surface area contributed by atoms with Crippen molar-refractivity contribution in [3.63, 3.8) is 0 Å². The third-order valence-corrected chi connectivity index (χ3v) is 5.54. The summed E-state index contributed by atoms with van der Waals surface area (Å²) < 4.78 is 26.2. The predicted octanol–water partition coefficient (Wildman–Crippen LogP) is 2.80. The number of benzene rings is 1. The molecule has 0 unspecified atom stereocenters. The lowest BCUT2D eigenvalue weighted by atomic mass is 10.3. The highest BCUT2D eigenvalue weighted by molar-refractivity contribution is 7.91. The number of amides is 1. The molecular weight excluding hydrogens is 388 g/mol. The maximum Gasteiger partial charge on any atom is 0.225 e. The van der Waals surface area contributed by atoms with E-state index in [9.17, 15) is 13.2 Å². The molecule has 3 aromatic rings. The molecule has 0 saturated carbocycles. The summed E-state index contributed by atoms with van der Waals surface area (Å²) in [6, 6.07) is 11.6. The van der Waals surface area contributed by atoms with Crippen molar-refractivity contribution in [2.24, 2.45) is 0 Å². The van der Waals surface area contributed by atoms with Gasteiger partial charge in [0.1, 0.15) is 11.6 Å². The highest BCUT2D eigenvalue weighted by atomic mass is 35.5. The van der Waals surface area contributed by atoms with Crippen LogP contribution < -0.4 is 5.32 Å². The van der Waals surface area contributed by atoms with E-state index < -0.39 is 9.84 Å². The number of carbonyl (C=O) groups excluding carboxylic acids is 1. The number of rotatable bonds is 6. The maximum atomic E-state index is 12.2. The molecule has 0 bridgehead atoms. The summed E-state index contributed by atoms with van der Waals surface area (Å²) in [4.78, 5) is 20.7. The van der Waals surface area contributed by atoms with Crippen LogP contribution in [0.2, 0.25) is 0 Å². The number of nitrogens with one attached hydrogen (secondary N) is 1. The predicted molar refractivity (Wildman–Crippen MR) is 105 cm³/mol. The first-order valence-electron chi connectivity index (χ1n) is 8.00. The fourth-order valence-electron chi connectivity index (χ4n) is 2.42. The summed E-state index contributed by atoms with van der Waals surface area (Å²) >= 11 is 0. The van der Waals surface area contributed by atoms with E-state index in [1.165, 1.54) is 18.3 Å². The Hall–Kier alpha value is -2.71. The van der Waals surface area contributed by atoms with Crippen molar-refractivity contribution >= 4 is 33.8 Å². The molecule has 0 atom stereocenters. The molecule has 0 aliphatic rings. The zero-order valence-corrected chi connectivity index (χ0v) is 16.2. The van der Waals surface area contributed by atoms with Gasteiger partial charge in [-0.1, -0.05) is 18.2 Å². The van der Waals surface area contributed by atoms with Gasteiger partial charge in [-0.25, -0.2) is 18.4 Å². The van der Waals surface area contributed by atoms with Crippen LogP contribution in [0.1, 0.15) is 12.2 Å². The van der Waals surface area contributed by atoms with Gasteiger partial charge in [-0.2, -0.15) is 0 Å². The fraction of sp³-hybridized carbons (Fsp3) is 0.167. The lowest BCUT2D eigenvalue weighted by molar-refractivity contribution is -0.115. The summed E-state index contributed by atoms with van der Waals surface area (Å²) in [5.41, 5.74) is 0.508. The number of aryl methyl sites for hydroxylation is 1. The van der Waals surface area contributed by atoms with Crippen molar-refractivity contribution in [1.29, 1.82) is 0 Å². The van der Waals surface area contributed by atoms with Crippen LogP contribution >= 0.6 is 12.4 Å². The van der Waals surface area contributed by atoms with Gasteiger partial charge in [-0.05, 0) is 31.2 Å². The van der Waals surface area contributed by atoms with Crippen LogP contribution in [0, 0.1) is 6.92 Å². The Balaban J connectivity index is 0.00000261. The third kappa shape index (κ3) is 5.15. The van der Waals surface area contributed by atoms with Crippen LogP contribution in [-0.2, 0) is 14.6 Å². The van der Waals surface area contributed by atoms with Crippen molar-refractivity contribution in [2.75, 3.05) is 11.1 Å². The summed E-state index contributed by atoms with van der Waals surface area (Å²) in [7, 11) is -3.48. The highest BCUT2D eigenvalue weighted by Crippen LogP contribution is 2.14. The van der Waals surface area contributed by atoms with Crippen LogP contribution in [0.5, 0.6) is 0 Å². The number of hydrogen-bond donors (Lipinski definition) is 1. The molecule has 9 heteroatoms. The number of nitrogens with zero attached hydrogens (tertiary/aromatic N) is 3. The lowest BCUT2D eigenvalue weighted by Crippen LogP contribution is -2.17. The summed E-state index contributed by atoms with van der Waals surface area (Å²) in [6.07, 6.45) is 4.88. The molecule has 0 saturated heterocycles. The van der Waals surface area contributed by atoms with Gasteiger partial charge in [0.2, 0.25) is 5.91 Å². The largest absolute Gasteiger partial charge is 0.325 e. The van der Waals surface area contributed by atoms with Crippen LogP contribution in [-0.4, -0.2) is 34.6 Å². The molecule has 7 nitrogen and oxygen atoms in total. The molecule has 0 spiro atoms. The van der Waals surface area contributed by atoms with Gasteiger partial charge >= 0.3 is 0 Å². The Kier molecular flexibility index (Phi) is 6.70. The maximum absolute atomic E-state index is 12.2. The number of sulfone groups is 1. The molecule has 0 aliphatic heterocycles. The zero-order chi connectivity index (χ0) is 18.6. The minimum Gasteiger partial charge on any atom is -0.325 e. The van der Waals surface area contributed by atoms with E-state index in [2.05, 4.69) is 15.3 Å². The summed E-state index contributed by atoms with van der Waals surface area (Å²) in [6.45, 7) is 1.87. The third-order valence-electron chi connectivity index (χ3n) is 3.80. The van der Waals surface area contributed by atoms with Crippen molar-refractivity contribution < 1.29 is 13.2 Å². The number of carbonyl (C=O) groups is 1. The van der Waals surface area contributed by atoms with Gasteiger partial charge in [0.05, 0.1) is 22.5 Å². The number of pyridine rings is 1. The molecule has 1 aromatic carbocycles. The number of halogens is 1. The smallest absolute Gasteiger partial charge is 0.225 e. The van der Waals surface area contributed by atoms with Crippen molar-refractivity contribution in [1.82, 2.24) is 14.5 Å². The topological polar surface area (TPSA) is 94.0 Å². The first kappa shape index (κ1) is 20.6. The van der Waals surface area contributed by atoms with Gasteiger partial charge in [0, 0.05) is 18.8 Å². The van der Waals surface area contributed by atoms with Gasteiger partial charge < -0.3 is 5.32 Å². The average molecular weight is 407 g/mol. The molecule has 3 rings (SSSR count). The van der Waals surface area contributed by atoms with Crippen LogP contribution in [0.4, 0.5) is 5.69 Å². The number of anilines is 1. The minimum absolute atomic E-state index is 0. The first-order valence-corrected chi connectivity index (χ1v) is 9.65. The zero-order valence-electron chi connectivity index (χ0n) is 14.6. The minimum atomic E-state index is -3.48.